The first-order chi connectivity index (χ1) is 8.11. The lowest BCUT2D eigenvalue weighted by atomic mass is 9.92. The van der Waals surface area contributed by atoms with E-state index >= 15 is 0 Å². The molecule has 1 saturated carbocycles. The molecule has 0 aromatic rings. The second kappa shape index (κ2) is 7.25. The number of hydrogen-bond donors (Lipinski definition) is 1. The van der Waals surface area contributed by atoms with E-state index in [9.17, 15) is 4.79 Å². The lowest BCUT2D eigenvalue weighted by Crippen LogP contribution is -2.48. The summed E-state index contributed by atoms with van der Waals surface area (Å²) in [5, 5.41) is 3.22. The van der Waals surface area contributed by atoms with Gasteiger partial charge in [0.1, 0.15) is 0 Å². The van der Waals surface area contributed by atoms with Crippen LogP contribution in [0.5, 0.6) is 0 Å². The first-order valence-corrected chi connectivity index (χ1v) is 7.53. The predicted molar refractivity (Wildman–Crippen MR) is 73.4 cm³/mol. The zero-order chi connectivity index (χ0) is 12.7. The van der Waals surface area contributed by atoms with Crippen molar-refractivity contribution in [2.45, 2.75) is 70.8 Å². The summed E-state index contributed by atoms with van der Waals surface area (Å²) in [4.78, 5) is 12.2. The fourth-order valence-electron chi connectivity index (χ4n) is 2.48. The minimum atomic E-state index is -0.120. The lowest BCUT2D eigenvalue weighted by Gasteiger charge is -2.31. The van der Waals surface area contributed by atoms with Crippen molar-refractivity contribution >= 4 is 17.5 Å². The van der Waals surface area contributed by atoms with E-state index in [0.717, 1.165) is 25.7 Å². The highest BCUT2D eigenvalue weighted by atomic mass is 35.5. The molecule has 1 N–H and O–H groups in total. The Morgan fingerprint density at radius 1 is 1.29 bits per heavy atom. The maximum absolute atomic E-state index is 12.2. The number of amides is 1. The van der Waals surface area contributed by atoms with Crippen LogP contribution >= 0.6 is 11.6 Å². The van der Waals surface area contributed by atoms with Gasteiger partial charge in [0.15, 0.2) is 0 Å². The molecule has 0 heterocycles. The van der Waals surface area contributed by atoms with Crippen molar-refractivity contribution in [3.63, 3.8) is 0 Å². The van der Waals surface area contributed by atoms with Gasteiger partial charge in [0.2, 0.25) is 5.91 Å². The Morgan fingerprint density at radius 3 is 2.35 bits per heavy atom. The molecule has 0 spiro atoms. The second-order valence-corrected chi connectivity index (χ2v) is 5.91. The third-order valence-electron chi connectivity index (χ3n) is 4.08. The van der Waals surface area contributed by atoms with Crippen molar-refractivity contribution in [1.82, 2.24) is 5.32 Å². The van der Waals surface area contributed by atoms with Gasteiger partial charge in [0, 0.05) is 17.3 Å². The van der Waals surface area contributed by atoms with Gasteiger partial charge in [-0.1, -0.05) is 32.6 Å². The summed E-state index contributed by atoms with van der Waals surface area (Å²) < 4.78 is 0. The number of nitrogens with one attached hydrogen (secondary N) is 1. The van der Waals surface area contributed by atoms with Crippen molar-refractivity contribution in [2.75, 3.05) is 5.88 Å². The molecule has 1 unspecified atom stereocenters. The van der Waals surface area contributed by atoms with Crippen molar-refractivity contribution < 1.29 is 4.79 Å². The maximum atomic E-state index is 12.2. The highest BCUT2D eigenvalue weighted by Crippen LogP contribution is 2.24. The monoisotopic (exact) mass is 259 g/mol. The van der Waals surface area contributed by atoms with Crippen molar-refractivity contribution in [2.24, 2.45) is 5.92 Å². The van der Waals surface area contributed by atoms with Gasteiger partial charge in [-0.3, -0.25) is 4.79 Å². The molecule has 0 aromatic carbocycles. The van der Waals surface area contributed by atoms with Gasteiger partial charge in [-0.25, -0.2) is 0 Å². The Kier molecular flexibility index (Phi) is 6.32. The van der Waals surface area contributed by atoms with Gasteiger partial charge in [-0.05, 0) is 32.6 Å². The van der Waals surface area contributed by atoms with Gasteiger partial charge in [0.25, 0.3) is 0 Å². The molecule has 1 fully saturated rings. The van der Waals surface area contributed by atoms with Gasteiger partial charge in [-0.15, -0.1) is 11.6 Å². The quantitative estimate of drug-likeness (QED) is 0.589. The zero-order valence-electron chi connectivity index (χ0n) is 11.2. The zero-order valence-corrected chi connectivity index (χ0v) is 12.0. The van der Waals surface area contributed by atoms with E-state index in [1.807, 2.05) is 0 Å². The maximum Gasteiger partial charge on any atom is 0.223 e. The van der Waals surface area contributed by atoms with Crippen LogP contribution in [0, 0.1) is 5.92 Å². The standard InChI is InChI=1S/C14H26ClNO/c1-3-14(2,10-11-15)16-13(17)12-8-6-4-5-7-9-12/h12H,3-11H2,1-2H3,(H,16,17). The average molecular weight is 260 g/mol. The highest BCUT2D eigenvalue weighted by Gasteiger charge is 2.28. The van der Waals surface area contributed by atoms with E-state index in [1.165, 1.54) is 25.7 Å². The number of rotatable bonds is 5. The Labute approximate surface area is 110 Å². The Hall–Kier alpha value is -0.240. The minimum absolute atomic E-state index is 0.120. The number of hydrogen-bond acceptors (Lipinski definition) is 1. The van der Waals surface area contributed by atoms with E-state index in [0.29, 0.717) is 5.88 Å². The molecular formula is C14H26ClNO. The van der Waals surface area contributed by atoms with Gasteiger partial charge in [-0.2, -0.15) is 0 Å². The molecule has 1 amide bonds. The average Bonchev–Trinajstić information content (AvgIpc) is 2.57. The summed E-state index contributed by atoms with van der Waals surface area (Å²) in [5.74, 6) is 1.09. The fraction of sp³-hybridized carbons (Fsp3) is 0.929. The summed E-state index contributed by atoms with van der Waals surface area (Å²) in [6, 6.07) is 0. The van der Waals surface area contributed by atoms with Gasteiger partial charge < -0.3 is 5.32 Å². The van der Waals surface area contributed by atoms with Crippen LogP contribution in [0.4, 0.5) is 0 Å². The summed E-state index contributed by atoms with van der Waals surface area (Å²) in [6.07, 6.45) is 8.90. The van der Waals surface area contributed by atoms with Crippen molar-refractivity contribution in [1.29, 1.82) is 0 Å². The molecule has 1 aliphatic rings. The Bertz CT molecular complexity index is 236. The Morgan fingerprint density at radius 2 is 1.88 bits per heavy atom. The normalized spacial score (nSPS) is 21.6. The fourth-order valence-corrected chi connectivity index (χ4v) is 2.89. The smallest absolute Gasteiger partial charge is 0.223 e. The molecule has 0 aliphatic heterocycles. The number of halogens is 1. The summed E-state index contributed by atoms with van der Waals surface area (Å²) >= 11 is 5.81. The van der Waals surface area contributed by atoms with Gasteiger partial charge in [0.05, 0.1) is 0 Å². The van der Waals surface area contributed by atoms with Crippen LogP contribution in [0.1, 0.15) is 65.2 Å². The molecule has 1 rings (SSSR count). The van der Waals surface area contributed by atoms with E-state index < -0.39 is 0 Å². The molecule has 1 aliphatic carbocycles. The van der Waals surface area contributed by atoms with Crippen LogP contribution in [0.3, 0.4) is 0 Å². The Balaban J connectivity index is 2.50. The highest BCUT2D eigenvalue weighted by molar-refractivity contribution is 6.17. The van der Waals surface area contributed by atoms with Crippen LogP contribution in [0.2, 0.25) is 0 Å². The van der Waals surface area contributed by atoms with Gasteiger partial charge >= 0.3 is 0 Å². The van der Waals surface area contributed by atoms with Crippen LogP contribution in [-0.2, 0) is 4.79 Å². The lowest BCUT2D eigenvalue weighted by molar-refractivity contribution is -0.127. The largest absolute Gasteiger partial charge is 0.351 e. The van der Waals surface area contributed by atoms with Crippen LogP contribution in [0.15, 0.2) is 0 Å². The van der Waals surface area contributed by atoms with Crippen LogP contribution < -0.4 is 5.32 Å². The molecule has 17 heavy (non-hydrogen) atoms. The minimum Gasteiger partial charge on any atom is -0.351 e. The molecule has 1 atom stereocenters. The summed E-state index contributed by atoms with van der Waals surface area (Å²) in [5.41, 5.74) is -0.120. The molecule has 3 heteroatoms. The predicted octanol–water partition coefficient (Wildman–Crippen LogP) is 3.87. The SMILES string of the molecule is CCC(C)(CCCl)NC(=O)C1CCCCCC1. The van der Waals surface area contributed by atoms with Crippen LogP contribution in [0.25, 0.3) is 0 Å². The molecule has 2 nitrogen and oxygen atoms in total. The summed E-state index contributed by atoms with van der Waals surface area (Å²) in [6.45, 7) is 4.21. The molecule has 0 saturated heterocycles. The number of carbonyl (C=O) groups excluding carboxylic acids is 1. The topological polar surface area (TPSA) is 29.1 Å². The van der Waals surface area contributed by atoms with E-state index in [2.05, 4.69) is 19.2 Å². The molecule has 0 aromatic heterocycles. The van der Waals surface area contributed by atoms with Crippen molar-refractivity contribution in [3.8, 4) is 0 Å². The van der Waals surface area contributed by atoms with Crippen molar-refractivity contribution in [3.05, 3.63) is 0 Å². The second-order valence-electron chi connectivity index (χ2n) is 5.53. The van der Waals surface area contributed by atoms with E-state index in [-0.39, 0.29) is 17.4 Å². The molecule has 0 radical (unpaired) electrons. The van der Waals surface area contributed by atoms with E-state index in [4.69, 9.17) is 11.6 Å². The van der Waals surface area contributed by atoms with E-state index in [1.54, 1.807) is 0 Å². The first-order valence-electron chi connectivity index (χ1n) is 6.99. The van der Waals surface area contributed by atoms with Crippen LogP contribution in [-0.4, -0.2) is 17.3 Å². The number of carbonyl (C=O) groups is 1. The summed E-state index contributed by atoms with van der Waals surface area (Å²) in [7, 11) is 0. The third-order valence-corrected chi connectivity index (χ3v) is 4.27. The molecule has 0 bridgehead atoms. The number of alkyl halides is 1. The molecule has 100 valence electrons. The molecular weight excluding hydrogens is 234 g/mol. The first kappa shape index (κ1) is 14.8. The third kappa shape index (κ3) is 4.87.